The largest absolute Gasteiger partial charge is 0.394 e. The number of aliphatic hydroxyl groups excluding tert-OH is 7. The molecule has 0 radical (unpaired) electrons. The Morgan fingerprint density at radius 1 is 0.453 bits per heavy atom. The Hall–Kier alpha value is -0.520. The fraction of sp³-hybridized carbons (Fsp3) is 1.00. The van der Waals surface area contributed by atoms with Crippen LogP contribution in [0.4, 0.5) is 0 Å². The van der Waals surface area contributed by atoms with Crippen molar-refractivity contribution < 1.29 is 64.2 Å². The molecule has 2 heterocycles. The fourth-order valence-corrected chi connectivity index (χ4v) is 9.03. The van der Waals surface area contributed by atoms with Crippen LogP contribution in [0.1, 0.15) is 196 Å². The minimum Gasteiger partial charge on any atom is -0.394 e. The Labute approximate surface area is 389 Å². The molecule has 2 rings (SSSR count). The van der Waals surface area contributed by atoms with Gasteiger partial charge in [-0.3, -0.25) is 0 Å². The van der Waals surface area contributed by atoms with Crippen molar-refractivity contribution >= 4 is 0 Å². The van der Waals surface area contributed by atoms with Gasteiger partial charge in [0.1, 0.15) is 54.9 Å². The van der Waals surface area contributed by atoms with Crippen molar-refractivity contribution in [3.05, 3.63) is 0 Å². The highest BCUT2D eigenvalue weighted by Crippen LogP contribution is 2.30. The molecule has 2 aliphatic rings. The molecule has 14 atom stereocenters. The second kappa shape index (κ2) is 36.5. The maximum Gasteiger partial charge on any atom is 0.187 e. The van der Waals surface area contributed by atoms with E-state index in [4.69, 9.17) is 28.4 Å². The molecule has 382 valence electrons. The van der Waals surface area contributed by atoms with E-state index in [9.17, 15) is 35.7 Å². The van der Waals surface area contributed by atoms with Crippen LogP contribution in [-0.4, -0.2) is 143 Å². The van der Waals surface area contributed by atoms with Crippen molar-refractivity contribution in [3.8, 4) is 0 Å². The lowest BCUT2D eigenvalue weighted by Gasteiger charge is -2.46. The van der Waals surface area contributed by atoms with E-state index in [1.54, 1.807) is 0 Å². The molecular formula is C51H100O13. The first kappa shape index (κ1) is 59.6. The Morgan fingerprint density at radius 2 is 0.922 bits per heavy atom. The van der Waals surface area contributed by atoms with Crippen molar-refractivity contribution in [2.75, 3.05) is 39.6 Å². The molecule has 0 amide bonds. The lowest BCUT2D eigenvalue weighted by Crippen LogP contribution is -2.64. The Bertz CT molecular complexity index is 1070. The van der Waals surface area contributed by atoms with Crippen molar-refractivity contribution in [1.82, 2.24) is 0 Å². The molecule has 0 spiro atoms. The maximum absolute atomic E-state index is 11.1. The highest BCUT2D eigenvalue weighted by Gasteiger charge is 2.50. The SMILES string of the molecule is CCCCCCCCCCCCCCCCOCC(CO[C@@H]1O[C@H](CO)[C@@H](O[C@@H]2O[C@H](CO)[C@H](O)[C@H](O)[C@H]2O)[C@H](O)[C@H]1O)OCCC(C)CCCC(C)CCCC(C)CCCC(C)C. The molecule has 0 aromatic heterocycles. The van der Waals surface area contributed by atoms with Crippen LogP contribution in [0.3, 0.4) is 0 Å². The van der Waals surface area contributed by atoms with Crippen molar-refractivity contribution in [1.29, 1.82) is 0 Å². The number of aliphatic hydroxyl groups is 7. The van der Waals surface area contributed by atoms with Crippen LogP contribution in [0.25, 0.3) is 0 Å². The Kier molecular flexibility index (Phi) is 34.0. The van der Waals surface area contributed by atoms with Gasteiger partial charge in [0.05, 0.1) is 26.4 Å². The molecule has 4 unspecified atom stereocenters. The zero-order valence-corrected chi connectivity index (χ0v) is 41.5. The molecule has 0 aliphatic carbocycles. The summed E-state index contributed by atoms with van der Waals surface area (Å²) in [5, 5.41) is 72.7. The van der Waals surface area contributed by atoms with Crippen molar-refractivity contribution in [2.24, 2.45) is 23.7 Å². The van der Waals surface area contributed by atoms with Gasteiger partial charge >= 0.3 is 0 Å². The van der Waals surface area contributed by atoms with Gasteiger partial charge in [0.15, 0.2) is 12.6 Å². The molecule has 0 aromatic carbocycles. The molecule has 2 saturated heterocycles. The smallest absolute Gasteiger partial charge is 0.187 e. The number of hydrogen-bond donors (Lipinski definition) is 7. The van der Waals surface area contributed by atoms with Gasteiger partial charge in [-0.25, -0.2) is 0 Å². The Morgan fingerprint density at radius 3 is 1.44 bits per heavy atom. The van der Waals surface area contributed by atoms with E-state index < -0.39 is 80.7 Å². The third-order valence-electron chi connectivity index (χ3n) is 13.6. The number of rotatable bonds is 40. The topological polar surface area (TPSA) is 197 Å². The number of hydrogen-bond acceptors (Lipinski definition) is 13. The summed E-state index contributed by atoms with van der Waals surface area (Å²) in [6.07, 6.45) is 14.9. The lowest BCUT2D eigenvalue weighted by molar-refractivity contribution is -0.360. The molecule has 2 fully saturated rings. The van der Waals surface area contributed by atoms with Gasteiger partial charge in [-0.2, -0.15) is 0 Å². The standard InChI is InChI=1S/C51H100O13/c1-7-8-9-10-11-12-13-14-15-16-17-18-19-20-31-59-35-41(60-32-30-40(6)29-23-28-39(5)27-22-26-38(4)25-21-24-37(2)3)36-61-50-48(58)46(56)49(43(34-53)63-50)64-51-47(57)45(55)44(54)42(33-52)62-51/h37-58H,7-36H2,1-6H3/t38?,39?,40?,41?,42-,43-,44+,45+,46-,47-,48-,49-,50-,51+/m1/s1. The summed E-state index contributed by atoms with van der Waals surface area (Å²) in [6, 6.07) is 0. The predicted octanol–water partition coefficient (Wildman–Crippen LogP) is 7.98. The van der Waals surface area contributed by atoms with E-state index in [2.05, 4.69) is 41.5 Å². The molecule has 0 bridgehead atoms. The highest BCUT2D eigenvalue weighted by atomic mass is 16.7. The third-order valence-corrected chi connectivity index (χ3v) is 13.6. The maximum atomic E-state index is 11.1. The average Bonchev–Trinajstić information content (AvgIpc) is 3.27. The van der Waals surface area contributed by atoms with Crippen LogP contribution >= 0.6 is 0 Å². The van der Waals surface area contributed by atoms with Crippen molar-refractivity contribution in [3.63, 3.8) is 0 Å². The molecule has 7 N–H and O–H groups in total. The highest BCUT2D eigenvalue weighted by molar-refractivity contribution is 4.94. The van der Waals surface area contributed by atoms with Crippen LogP contribution in [0.5, 0.6) is 0 Å². The van der Waals surface area contributed by atoms with Gasteiger partial charge < -0.3 is 64.2 Å². The summed E-state index contributed by atoms with van der Waals surface area (Å²) in [4.78, 5) is 0. The van der Waals surface area contributed by atoms with Crippen LogP contribution in [-0.2, 0) is 28.4 Å². The van der Waals surface area contributed by atoms with Gasteiger partial charge in [-0.1, -0.05) is 183 Å². The van der Waals surface area contributed by atoms with Gasteiger partial charge in [-0.05, 0) is 36.5 Å². The van der Waals surface area contributed by atoms with Gasteiger partial charge in [0, 0.05) is 13.2 Å². The van der Waals surface area contributed by atoms with E-state index in [1.807, 2.05) is 0 Å². The van der Waals surface area contributed by atoms with Gasteiger partial charge in [0.25, 0.3) is 0 Å². The summed E-state index contributed by atoms with van der Waals surface area (Å²) in [6.45, 7) is 14.1. The monoisotopic (exact) mass is 921 g/mol. The molecule has 0 saturated carbocycles. The molecule has 0 aromatic rings. The van der Waals surface area contributed by atoms with Crippen LogP contribution in [0.2, 0.25) is 0 Å². The zero-order chi connectivity index (χ0) is 47.1. The van der Waals surface area contributed by atoms with E-state index in [0.717, 1.165) is 43.4 Å². The lowest BCUT2D eigenvalue weighted by atomic mass is 9.91. The second-order valence-corrected chi connectivity index (χ2v) is 20.3. The third kappa shape index (κ3) is 25.2. The quantitative estimate of drug-likeness (QED) is 0.0293. The van der Waals surface area contributed by atoms with Crippen molar-refractivity contribution in [2.45, 2.75) is 263 Å². The number of unbranched alkanes of at least 4 members (excludes halogenated alkanes) is 13. The summed E-state index contributed by atoms with van der Waals surface area (Å²) >= 11 is 0. The summed E-state index contributed by atoms with van der Waals surface area (Å²) in [5.41, 5.74) is 0. The van der Waals surface area contributed by atoms with Gasteiger partial charge in [0.2, 0.25) is 0 Å². The Balaban J connectivity index is 1.81. The fourth-order valence-electron chi connectivity index (χ4n) is 9.03. The first-order valence-electron chi connectivity index (χ1n) is 26.2. The number of ether oxygens (including phenoxy) is 6. The van der Waals surface area contributed by atoms with E-state index in [-0.39, 0.29) is 6.61 Å². The van der Waals surface area contributed by atoms with E-state index >= 15 is 0 Å². The predicted molar refractivity (Wildman–Crippen MR) is 252 cm³/mol. The minimum atomic E-state index is -1.74. The van der Waals surface area contributed by atoms with E-state index in [1.165, 1.54) is 128 Å². The summed E-state index contributed by atoms with van der Waals surface area (Å²) in [7, 11) is 0. The molecule has 2 aliphatic heterocycles. The summed E-state index contributed by atoms with van der Waals surface area (Å²) < 4.78 is 35.4. The molecule has 13 nitrogen and oxygen atoms in total. The van der Waals surface area contributed by atoms with Crippen LogP contribution in [0, 0.1) is 23.7 Å². The van der Waals surface area contributed by atoms with Crippen LogP contribution < -0.4 is 0 Å². The molecule has 13 heteroatoms. The van der Waals surface area contributed by atoms with E-state index in [0.29, 0.717) is 25.7 Å². The normalized spacial score (nSPS) is 28.4. The molecular weight excluding hydrogens is 821 g/mol. The first-order chi connectivity index (χ1) is 30.8. The summed E-state index contributed by atoms with van der Waals surface area (Å²) in [5.74, 6) is 2.85. The van der Waals surface area contributed by atoms with Gasteiger partial charge in [-0.15, -0.1) is 0 Å². The average molecular weight is 921 g/mol. The van der Waals surface area contributed by atoms with Crippen LogP contribution in [0.15, 0.2) is 0 Å². The molecule has 64 heavy (non-hydrogen) atoms. The minimum absolute atomic E-state index is 0.00576. The zero-order valence-electron chi connectivity index (χ0n) is 41.5. The first-order valence-corrected chi connectivity index (χ1v) is 26.2. The second-order valence-electron chi connectivity index (χ2n) is 20.3.